The molecule has 0 saturated carbocycles. The van der Waals surface area contributed by atoms with Crippen LogP contribution in [0.25, 0.3) is 11.5 Å². The summed E-state index contributed by atoms with van der Waals surface area (Å²) in [6.07, 6.45) is -2.78. The van der Waals surface area contributed by atoms with Gasteiger partial charge in [-0.1, -0.05) is 6.07 Å². The van der Waals surface area contributed by atoms with Crippen molar-refractivity contribution in [3.05, 3.63) is 66.1 Å². The van der Waals surface area contributed by atoms with E-state index in [-0.39, 0.29) is 0 Å². The van der Waals surface area contributed by atoms with Gasteiger partial charge in [0, 0.05) is 50.0 Å². The Hall–Kier alpha value is -3.00. The van der Waals surface area contributed by atoms with Crippen LogP contribution in [0.2, 0.25) is 0 Å². The molecular formula is C22H22F3N3O2. The molecule has 0 spiro atoms. The van der Waals surface area contributed by atoms with Crippen molar-refractivity contribution in [3.63, 3.8) is 0 Å². The van der Waals surface area contributed by atoms with Crippen LogP contribution in [0.5, 0.6) is 5.75 Å². The molecule has 0 radical (unpaired) electrons. The third kappa shape index (κ3) is 4.59. The van der Waals surface area contributed by atoms with Crippen molar-refractivity contribution in [1.82, 2.24) is 9.88 Å². The fourth-order valence-electron chi connectivity index (χ4n) is 3.51. The van der Waals surface area contributed by atoms with Gasteiger partial charge >= 0.3 is 6.18 Å². The first-order valence-corrected chi connectivity index (χ1v) is 9.66. The van der Waals surface area contributed by atoms with Gasteiger partial charge in [-0.2, -0.15) is 13.2 Å². The van der Waals surface area contributed by atoms with E-state index in [0.717, 1.165) is 55.4 Å². The highest BCUT2D eigenvalue weighted by Gasteiger charge is 2.30. The van der Waals surface area contributed by atoms with Crippen LogP contribution in [0.15, 0.2) is 59.2 Å². The fraction of sp³-hybridized carbons (Fsp3) is 0.318. The van der Waals surface area contributed by atoms with Crippen LogP contribution in [-0.2, 0) is 12.7 Å². The number of nitrogens with zero attached hydrogens (tertiary/aromatic N) is 3. The molecule has 1 saturated heterocycles. The van der Waals surface area contributed by atoms with Crippen LogP contribution >= 0.6 is 0 Å². The molecule has 5 nitrogen and oxygen atoms in total. The quantitative estimate of drug-likeness (QED) is 0.603. The number of hydrogen-bond donors (Lipinski definition) is 0. The zero-order valence-electron chi connectivity index (χ0n) is 16.5. The summed E-state index contributed by atoms with van der Waals surface area (Å²) in [5.41, 5.74) is 1.74. The van der Waals surface area contributed by atoms with Gasteiger partial charge in [-0.3, -0.25) is 4.90 Å². The minimum Gasteiger partial charge on any atom is -0.497 e. The number of alkyl halides is 3. The van der Waals surface area contributed by atoms with E-state index in [4.69, 9.17) is 9.15 Å². The fourth-order valence-corrected chi connectivity index (χ4v) is 3.51. The molecule has 0 unspecified atom stereocenters. The average Bonchev–Trinajstić information content (AvgIpc) is 3.22. The van der Waals surface area contributed by atoms with Crippen LogP contribution in [0.3, 0.4) is 0 Å². The van der Waals surface area contributed by atoms with Crippen LogP contribution in [0.1, 0.15) is 11.3 Å². The number of anilines is 1. The predicted molar refractivity (Wildman–Crippen MR) is 107 cm³/mol. The van der Waals surface area contributed by atoms with E-state index in [9.17, 15) is 13.2 Å². The molecule has 158 valence electrons. The van der Waals surface area contributed by atoms with Crippen molar-refractivity contribution in [2.24, 2.45) is 0 Å². The summed E-state index contributed by atoms with van der Waals surface area (Å²) in [5.74, 6) is 1.17. The van der Waals surface area contributed by atoms with E-state index in [2.05, 4.69) is 20.9 Å². The Kier molecular flexibility index (Phi) is 5.67. The SMILES string of the molecule is COc1cccc(N2CCN(Cc3coc(-c4ccc(C(F)(F)F)cc4)n3)CC2)c1. The zero-order valence-corrected chi connectivity index (χ0v) is 16.5. The van der Waals surface area contributed by atoms with Gasteiger partial charge in [0.1, 0.15) is 12.0 Å². The topological polar surface area (TPSA) is 41.7 Å². The third-order valence-electron chi connectivity index (χ3n) is 5.19. The number of rotatable bonds is 5. The van der Waals surface area contributed by atoms with E-state index in [1.54, 1.807) is 13.4 Å². The van der Waals surface area contributed by atoms with Gasteiger partial charge in [-0.05, 0) is 36.4 Å². The Labute approximate surface area is 172 Å². The summed E-state index contributed by atoms with van der Waals surface area (Å²) in [4.78, 5) is 9.04. The normalized spacial score (nSPS) is 15.4. The van der Waals surface area contributed by atoms with E-state index >= 15 is 0 Å². The lowest BCUT2D eigenvalue weighted by Gasteiger charge is -2.35. The Morgan fingerprint density at radius 3 is 2.43 bits per heavy atom. The second kappa shape index (κ2) is 8.39. The highest BCUT2D eigenvalue weighted by Crippen LogP contribution is 2.31. The number of hydrogen-bond acceptors (Lipinski definition) is 5. The Morgan fingerprint density at radius 2 is 1.77 bits per heavy atom. The van der Waals surface area contributed by atoms with Gasteiger partial charge in [-0.15, -0.1) is 0 Å². The molecule has 0 aliphatic carbocycles. The molecule has 0 amide bonds. The highest BCUT2D eigenvalue weighted by atomic mass is 19.4. The molecule has 1 fully saturated rings. The standard InChI is InChI=1S/C22H22F3N3O2/c1-29-20-4-2-3-19(13-20)28-11-9-27(10-12-28)14-18-15-30-21(26-18)16-5-7-17(8-6-16)22(23,24)25/h2-8,13,15H,9-12,14H2,1H3. The zero-order chi connectivity index (χ0) is 21.1. The molecule has 1 aliphatic rings. The first kappa shape index (κ1) is 20.3. The van der Waals surface area contributed by atoms with Crippen molar-refractivity contribution >= 4 is 5.69 Å². The minimum atomic E-state index is -4.35. The van der Waals surface area contributed by atoms with Crippen molar-refractivity contribution in [3.8, 4) is 17.2 Å². The van der Waals surface area contributed by atoms with Gasteiger partial charge in [0.2, 0.25) is 5.89 Å². The molecule has 4 rings (SSSR count). The van der Waals surface area contributed by atoms with Gasteiger partial charge in [0.25, 0.3) is 0 Å². The smallest absolute Gasteiger partial charge is 0.416 e. The summed E-state index contributed by atoms with van der Waals surface area (Å²) in [6, 6.07) is 12.9. The molecule has 1 aromatic heterocycles. The third-order valence-corrected chi connectivity index (χ3v) is 5.19. The van der Waals surface area contributed by atoms with E-state index < -0.39 is 11.7 Å². The molecule has 30 heavy (non-hydrogen) atoms. The Balaban J connectivity index is 1.34. The molecular weight excluding hydrogens is 395 g/mol. The number of benzene rings is 2. The van der Waals surface area contributed by atoms with Crippen LogP contribution in [0, 0.1) is 0 Å². The highest BCUT2D eigenvalue weighted by molar-refractivity contribution is 5.54. The van der Waals surface area contributed by atoms with Crippen LogP contribution in [-0.4, -0.2) is 43.2 Å². The molecule has 0 N–H and O–H groups in total. The van der Waals surface area contributed by atoms with Gasteiger partial charge in [0.15, 0.2) is 0 Å². The molecule has 1 aliphatic heterocycles. The lowest BCUT2D eigenvalue weighted by Crippen LogP contribution is -2.46. The van der Waals surface area contributed by atoms with Gasteiger partial charge in [-0.25, -0.2) is 4.98 Å². The second-order valence-electron chi connectivity index (χ2n) is 7.18. The molecule has 2 aromatic carbocycles. The number of piperazine rings is 1. The van der Waals surface area contributed by atoms with E-state index in [1.165, 1.54) is 12.1 Å². The Morgan fingerprint density at radius 1 is 1.03 bits per heavy atom. The lowest BCUT2D eigenvalue weighted by atomic mass is 10.1. The number of oxazole rings is 1. The van der Waals surface area contributed by atoms with Crippen LogP contribution in [0.4, 0.5) is 18.9 Å². The lowest BCUT2D eigenvalue weighted by molar-refractivity contribution is -0.137. The van der Waals surface area contributed by atoms with Crippen LogP contribution < -0.4 is 9.64 Å². The maximum atomic E-state index is 12.7. The maximum Gasteiger partial charge on any atom is 0.416 e. The maximum absolute atomic E-state index is 12.7. The molecule has 0 atom stereocenters. The van der Waals surface area contributed by atoms with Crippen molar-refractivity contribution < 1.29 is 22.3 Å². The average molecular weight is 417 g/mol. The summed E-state index contributed by atoms with van der Waals surface area (Å²) in [5, 5.41) is 0. The Bertz CT molecular complexity index is 978. The number of methoxy groups -OCH3 is 1. The first-order valence-electron chi connectivity index (χ1n) is 9.66. The van der Waals surface area contributed by atoms with Crippen molar-refractivity contribution in [1.29, 1.82) is 0 Å². The largest absolute Gasteiger partial charge is 0.497 e. The summed E-state index contributed by atoms with van der Waals surface area (Å²) >= 11 is 0. The van der Waals surface area contributed by atoms with E-state index in [1.807, 2.05) is 18.2 Å². The molecule has 2 heterocycles. The molecule has 0 bridgehead atoms. The molecule has 3 aromatic rings. The molecule has 8 heteroatoms. The predicted octanol–water partition coefficient (Wildman–Crippen LogP) is 4.69. The summed E-state index contributed by atoms with van der Waals surface area (Å²) in [7, 11) is 1.66. The second-order valence-corrected chi connectivity index (χ2v) is 7.18. The van der Waals surface area contributed by atoms with Crippen molar-refractivity contribution in [2.45, 2.75) is 12.7 Å². The first-order chi connectivity index (χ1) is 14.4. The van der Waals surface area contributed by atoms with Gasteiger partial charge < -0.3 is 14.1 Å². The monoisotopic (exact) mass is 417 g/mol. The minimum absolute atomic E-state index is 0.328. The van der Waals surface area contributed by atoms with Gasteiger partial charge in [0.05, 0.1) is 18.4 Å². The summed E-state index contributed by atoms with van der Waals surface area (Å²) < 4.78 is 48.9. The van der Waals surface area contributed by atoms with E-state index in [0.29, 0.717) is 18.0 Å². The number of aromatic nitrogens is 1. The number of halogens is 3. The summed E-state index contributed by atoms with van der Waals surface area (Å²) in [6.45, 7) is 4.16. The van der Waals surface area contributed by atoms with Crippen molar-refractivity contribution in [2.75, 3.05) is 38.2 Å². The number of ether oxygens (including phenoxy) is 1.